The van der Waals surface area contributed by atoms with E-state index >= 15 is 26.3 Å². The first-order valence-corrected chi connectivity index (χ1v) is 26.5. The van der Waals surface area contributed by atoms with Gasteiger partial charge in [-0.2, -0.15) is 26.3 Å². The Balaban J connectivity index is 0.836. The highest BCUT2D eigenvalue weighted by molar-refractivity contribution is 7.19. The fraction of sp³-hybridized carbons (Fsp3) is 0.194. The van der Waals surface area contributed by atoms with E-state index in [0.29, 0.717) is 26.6 Å². The lowest BCUT2D eigenvalue weighted by Gasteiger charge is -2.25. The van der Waals surface area contributed by atoms with Crippen molar-refractivity contribution < 1.29 is 31.1 Å². The second kappa shape index (κ2) is 19.1. The maximum Gasteiger partial charge on any atom is 0.380 e. The zero-order chi connectivity index (χ0) is 51.7. The van der Waals surface area contributed by atoms with Gasteiger partial charge >= 0.3 is 17.8 Å². The van der Waals surface area contributed by atoms with E-state index in [0.717, 1.165) is 44.2 Å². The van der Waals surface area contributed by atoms with Gasteiger partial charge in [0.2, 0.25) is 6.71 Å². The largest absolute Gasteiger partial charge is 0.489 e. The maximum atomic E-state index is 15.9. The summed E-state index contributed by atoms with van der Waals surface area (Å²) in [5, 5.41) is 0. The predicted octanol–water partition coefficient (Wildman–Crippen LogP) is 16.9. The van der Waals surface area contributed by atoms with Crippen LogP contribution < -0.4 is 21.1 Å². The summed E-state index contributed by atoms with van der Waals surface area (Å²) in [7, 11) is 0. The molecule has 10 rings (SSSR count). The molecule has 1 aliphatic rings. The highest BCUT2D eigenvalue weighted by atomic mass is 32.1. The minimum Gasteiger partial charge on any atom is -0.489 e. The Hall–Kier alpha value is -6.40. The number of alkyl halides is 6. The van der Waals surface area contributed by atoms with Crippen LogP contribution in [0.1, 0.15) is 59.8 Å². The quantitative estimate of drug-likeness (QED) is 0.0875. The molecule has 11 heteroatoms. The summed E-state index contributed by atoms with van der Waals surface area (Å²) in [5.74, 6) is -15.4. The molecule has 3 aromatic heterocycles. The van der Waals surface area contributed by atoms with Crippen LogP contribution in [-0.2, 0) is 6.61 Å². The van der Waals surface area contributed by atoms with Crippen LogP contribution in [0.15, 0.2) is 152 Å². The van der Waals surface area contributed by atoms with Crippen LogP contribution >= 0.6 is 34.0 Å². The lowest BCUT2D eigenvalue weighted by molar-refractivity contribution is -0.254. The van der Waals surface area contributed by atoms with Gasteiger partial charge in [-0.25, -0.2) is 0 Å². The molecular formula is C62H51BF6OS3. The molecule has 9 aromatic rings. The Morgan fingerprint density at radius 3 is 1.27 bits per heavy atom. The van der Waals surface area contributed by atoms with E-state index < -0.39 is 28.9 Å². The molecule has 0 saturated heterocycles. The lowest BCUT2D eigenvalue weighted by atomic mass is 9.34. The molecule has 1 nitrogen and oxygen atoms in total. The fourth-order valence-corrected chi connectivity index (χ4v) is 13.8. The van der Waals surface area contributed by atoms with E-state index in [1.807, 2.05) is 12.1 Å². The average molecular weight is 1030 g/mol. The standard InChI is InChI=1S/C62H51BF6OS3/c1-35-28-37(3)58(38(4)29-35)63(59-39(5)30-36(2)31-40(59)6)48-22-18-46(19-23-48)53-27-26-52(73-53)45-16-14-43(15-17-45)34-70-49-24-20-47(21-25-49)55-33-51(42(8)72-55)57-56(60(64,65)62(68,69)61(57,66)67)50-32-54(71-41(50)7)44-12-10-9-11-13-44/h9-33H,34H2,1-8H3. The zero-order valence-corrected chi connectivity index (χ0v) is 44.1. The Labute approximate surface area is 435 Å². The molecule has 0 fully saturated rings. The predicted molar refractivity (Wildman–Crippen MR) is 296 cm³/mol. The summed E-state index contributed by atoms with van der Waals surface area (Å²) in [6.07, 6.45) is 0. The Morgan fingerprint density at radius 1 is 0.425 bits per heavy atom. The maximum absolute atomic E-state index is 15.9. The Bertz CT molecular complexity index is 3460. The molecule has 1 aliphatic carbocycles. The number of halogens is 6. The summed E-state index contributed by atoms with van der Waals surface area (Å²) >= 11 is 3.93. The normalized spacial score (nSPS) is 14.8. The van der Waals surface area contributed by atoms with Crippen molar-refractivity contribution in [2.24, 2.45) is 0 Å². The molecule has 0 spiro atoms. The summed E-state index contributed by atoms with van der Waals surface area (Å²) < 4.78 is 100. The first kappa shape index (κ1) is 50.2. The van der Waals surface area contributed by atoms with Crippen molar-refractivity contribution in [1.29, 1.82) is 0 Å². The summed E-state index contributed by atoms with van der Waals surface area (Å²) in [6, 6.07) is 49.2. The molecule has 0 aliphatic heterocycles. The number of hydrogen-bond acceptors (Lipinski definition) is 4. The fourth-order valence-electron chi connectivity index (χ4n) is 10.7. The minimum atomic E-state index is -5.64. The van der Waals surface area contributed by atoms with Gasteiger partial charge in [0.15, 0.2) is 0 Å². The second-order valence-corrected chi connectivity index (χ2v) is 23.0. The van der Waals surface area contributed by atoms with Crippen molar-refractivity contribution in [1.82, 2.24) is 0 Å². The third-order valence-electron chi connectivity index (χ3n) is 14.1. The summed E-state index contributed by atoms with van der Waals surface area (Å²) in [4.78, 5) is 3.77. The Morgan fingerprint density at radius 2 is 0.822 bits per heavy atom. The lowest BCUT2D eigenvalue weighted by Crippen LogP contribution is -2.55. The molecule has 0 saturated carbocycles. The van der Waals surface area contributed by atoms with Gasteiger partial charge < -0.3 is 4.74 Å². The van der Waals surface area contributed by atoms with E-state index in [4.69, 9.17) is 4.74 Å². The van der Waals surface area contributed by atoms with E-state index in [-0.39, 0.29) is 34.2 Å². The van der Waals surface area contributed by atoms with Gasteiger partial charge in [-0.15, -0.1) is 34.0 Å². The highest BCUT2D eigenvalue weighted by Crippen LogP contribution is 2.66. The molecule has 0 radical (unpaired) electrons. The van der Waals surface area contributed by atoms with Crippen molar-refractivity contribution >= 4 is 68.3 Å². The molecule has 368 valence electrons. The number of aryl methyl sites for hydroxylation is 8. The van der Waals surface area contributed by atoms with Crippen molar-refractivity contribution in [3.8, 4) is 47.5 Å². The van der Waals surface area contributed by atoms with Crippen LogP contribution in [0.4, 0.5) is 26.3 Å². The molecule has 3 heterocycles. The molecule has 0 N–H and O–H groups in total. The van der Waals surface area contributed by atoms with Crippen molar-refractivity contribution in [2.75, 3.05) is 0 Å². The van der Waals surface area contributed by atoms with Crippen molar-refractivity contribution in [2.45, 2.75) is 79.8 Å². The van der Waals surface area contributed by atoms with Gasteiger partial charge in [0, 0.05) is 40.4 Å². The van der Waals surface area contributed by atoms with Crippen LogP contribution in [0.25, 0.3) is 52.9 Å². The molecule has 6 aromatic carbocycles. The zero-order valence-electron chi connectivity index (χ0n) is 41.6. The van der Waals surface area contributed by atoms with Crippen LogP contribution in [0, 0.1) is 55.4 Å². The third kappa shape index (κ3) is 9.01. The second-order valence-electron chi connectivity index (χ2n) is 19.4. The van der Waals surface area contributed by atoms with E-state index in [1.165, 1.54) is 80.6 Å². The van der Waals surface area contributed by atoms with Gasteiger partial charge in [0.1, 0.15) is 12.4 Å². The third-order valence-corrected chi connectivity index (χ3v) is 17.5. The van der Waals surface area contributed by atoms with Gasteiger partial charge in [-0.05, 0) is 143 Å². The topological polar surface area (TPSA) is 9.23 Å². The molecular weight excluding hydrogens is 982 g/mol. The number of thiophene rings is 3. The molecule has 73 heavy (non-hydrogen) atoms. The van der Waals surface area contributed by atoms with Gasteiger partial charge in [0.05, 0.1) is 0 Å². The minimum absolute atomic E-state index is 0.107. The number of hydrogen-bond donors (Lipinski definition) is 0. The van der Waals surface area contributed by atoms with E-state index in [9.17, 15) is 0 Å². The number of rotatable bonds is 12. The smallest absolute Gasteiger partial charge is 0.380 e. The van der Waals surface area contributed by atoms with Gasteiger partial charge in [-0.3, -0.25) is 0 Å². The molecule has 0 bridgehead atoms. The highest BCUT2D eigenvalue weighted by Gasteiger charge is 2.80. The number of allylic oxidation sites excluding steroid dienone is 2. The number of benzene rings is 6. The number of ether oxygens (including phenoxy) is 1. The van der Waals surface area contributed by atoms with Crippen LogP contribution in [0.3, 0.4) is 0 Å². The van der Waals surface area contributed by atoms with Gasteiger partial charge in [0.25, 0.3) is 0 Å². The summed E-state index contributed by atoms with van der Waals surface area (Å²) in [6.45, 7) is 16.6. The average Bonchev–Trinajstić information content (AvgIpc) is 4.12. The van der Waals surface area contributed by atoms with Crippen LogP contribution in [-0.4, -0.2) is 24.5 Å². The summed E-state index contributed by atoms with van der Waals surface area (Å²) in [5.41, 5.74) is 12.9. The SMILES string of the molecule is Cc1cc(C)c(B(c2ccc(-c3ccc(-c4ccc(COc5ccc(-c6cc(C7=C(c8cc(-c9ccccc9)sc8C)C(F)(F)C(F)(F)C7(F)F)c(C)s6)cc5)cc4)s3)cc2)c2c(C)cc(C)cc2C)c(C)c1. The molecule has 0 unspecified atom stereocenters. The van der Waals surface area contributed by atoms with Crippen LogP contribution in [0.2, 0.25) is 0 Å². The molecule has 0 atom stereocenters. The van der Waals surface area contributed by atoms with Gasteiger partial charge in [-0.1, -0.05) is 153 Å². The van der Waals surface area contributed by atoms with E-state index in [2.05, 4.69) is 114 Å². The monoisotopic (exact) mass is 1030 g/mol. The first-order chi connectivity index (χ1) is 34.7. The van der Waals surface area contributed by atoms with Crippen LogP contribution in [0.5, 0.6) is 5.75 Å². The Kier molecular flexibility index (Phi) is 13.2. The van der Waals surface area contributed by atoms with Crippen molar-refractivity contribution in [3.63, 3.8) is 0 Å². The molecule has 0 amide bonds. The van der Waals surface area contributed by atoms with E-state index in [1.54, 1.807) is 65.9 Å². The van der Waals surface area contributed by atoms with Crippen molar-refractivity contribution in [3.05, 3.63) is 211 Å². The first-order valence-electron chi connectivity index (χ1n) is 24.1.